The van der Waals surface area contributed by atoms with Crippen LogP contribution in [0.5, 0.6) is 0 Å². The number of aromatic nitrogens is 1. The Morgan fingerprint density at radius 3 is 2.71 bits per heavy atom. The molecule has 0 aliphatic carbocycles. The van der Waals surface area contributed by atoms with E-state index in [-0.39, 0.29) is 18.5 Å². The fourth-order valence-corrected chi connectivity index (χ4v) is 0.842. The van der Waals surface area contributed by atoms with Gasteiger partial charge in [-0.1, -0.05) is 11.2 Å². The lowest BCUT2D eigenvalue weighted by Gasteiger charge is -2.00. The van der Waals surface area contributed by atoms with Gasteiger partial charge in [0.25, 0.3) is 0 Å². The van der Waals surface area contributed by atoms with E-state index in [9.17, 15) is 0 Å². The monoisotopic (exact) mass is 214 g/mol. The highest BCUT2D eigenvalue weighted by molar-refractivity contribution is 5.85. The number of aryl methyl sites for hydroxylation is 1. The lowest BCUT2D eigenvalue weighted by atomic mass is 10.3. The molecule has 78 valence electrons. The van der Waals surface area contributed by atoms with E-state index in [1.807, 2.05) is 39.0 Å². The minimum atomic E-state index is 0. The third kappa shape index (κ3) is 4.82. The first-order chi connectivity index (χ1) is 6.18. The highest BCUT2D eigenvalue weighted by atomic mass is 35.5. The Kier molecular flexibility index (Phi) is 5.88. The lowest BCUT2D eigenvalue weighted by molar-refractivity contribution is 0.0873. The number of halogens is 1. The van der Waals surface area contributed by atoms with Crippen LogP contribution in [0.15, 0.2) is 23.4 Å². The Morgan fingerprint density at radius 2 is 2.14 bits per heavy atom. The summed E-state index contributed by atoms with van der Waals surface area (Å²) in [6.07, 6.45) is 1.73. The Morgan fingerprint density at radius 1 is 1.43 bits per heavy atom. The molecule has 0 amide bonds. The van der Waals surface area contributed by atoms with E-state index in [4.69, 9.17) is 4.84 Å². The zero-order chi connectivity index (χ0) is 9.68. The van der Waals surface area contributed by atoms with Crippen molar-refractivity contribution < 1.29 is 4.84 Å². The van der Waals surface area contributed by atoms with E-state index in [1.165, 1.54) is 0 Å². The SMILES string of the molecule is Cc1cccc(/C=N/OC(C)C)n1.Cl. The maximum atomic E-state index is 5.02. The molecule has 4 heteroatoms. The van der Waals surface area contributed by atoms with Crippen molar-refractivity contribution in [1.29, 1.82) is 0 Å². The average molecular weight is 215 g/mol. The molecule has 0 aliphatic heterocycles. The van der Waals surface area contributed by atoms with Crippen molar-refractivity contribution in [3.63, 3.8) is 0 Å². The first kappa shape index (κ1) is 12.9. The van der Waals surface area contributed by atoms with E-state index in [0.717, 1.165) is 11.4 Å². The smallest absolute Gasteiger partial charge is 0.122 e. The van der Waals surface area contributed by atoms with Crippen LogP contribution in [0.3, 0.4) is 0 Å². The second-order valence-corrected chi connectivity index (χ2v) is 3.09. The third-order valence-corrected chi connectivity index (χ3v) is 1.37. The number of oxime groups is 1. The van der Waals surface area contributed by atoms with E-state index >= 15 is 0 Å². The van der Waals surface area contributed by atoms with Gasteiger partial charge < -0.3 is 4.84 Å². The second kappa shape index (κ2) is 6.38. The van der Waals surface area contributed by atoms with Crippen molar-refractivity contribution in [2.75, 3.05) is 0 Å². The summed E-state index contributed by atoms with van der Waals surface area (Å²) in [4.78, 5) is 9.26. The predicted octanol–water partition coefficient (Wildman–Crippen LogP) is 2.57. The van der Waals surface area contributed by atoms with Gasteiger partial charge in [0.2, 0.25) is 0 Å². The molecule has 0 aliphatic rings. The highest BCUT2D eigenvalue weighted by Crippen LogP contribution is 1.95. The van der Waals surface area contributed by atoms with Gasteiger partial charge in [-0.05, 0) is 32.9 Å². The van der Waals surface area contributed by atoms with Crippen LogP contribution in [0, 0.1) is 6.92 Å². The number of hydrogen-bond donors (Lipinski definition) is 0. The first-order valence-corrected chi connectivity index (χ1v) is 4.31. The molecule has 0 fully saturated rings. The minimum absolute atomic E-state index is 0. The zero-order valence-corrected chi connectivity index (χ0v) is 9.41. The summed E-state index contributed by atoms with van der Waals surface area (Å²) in [6, 6.07) is 5.78. The van der Waals surface area contributed by atoms with Crippen LogP contribution < -0.4 is 0 Å². The van der Waals surface area contributed by atoms with Crippen molar-refractivity contribution in [2.45, 2.75) is 26.9 Å². The Bertz CT molecular complexity index is 300. The molecule has 0 unspecified atom stereocenters. The Labute approximate surface area is 90.6 Å². The molecule has 0 saturated heterocycles. The molecule has 3 nitrogen and oxygen atoms in total. The predicted molar refractivity (Wildman–Crippen MR) is 60.0 cm³/mol. The van der Waals surface area contributed by atoms with Crippen LogP contribution in [-0.4, -0.2) is 17.3 Å². The molecule has 0 radical (unpaired) electrons. The van der Waals surface area contributed by atoms with E-state index in [2.05, 4.69) is 10.1 Å². The summed E-state index contributed by atoms with van der Waals surface area (Å²) >= 11 is 0. The van der Waals surface area contributed by atoms with Gasteiger partial charge in [-0.15, -0.1) is 12.4 Å². The normalized spacial score (nSPS) is 10.3. The molecule has 0 bridgehead atoms. The standard InChI is InChI=1S/C10H14N2O.ClH/c1-8(2)13-11-7-10-6-4-5-9(3)12-10;/h4-8H,1-3H3;1H/b11-7+;. The van der Waals surface area contributed by atoms with Crippen LogP contribution in [0.1, 0.15) is 25.2 Å². The first-order valence-electron chi connectivity index (χ1n) is 4.31. The van der Waals surface area contributed by atoms with Crippen LogP contribution in [-0.2, 0) is 4.84 Å². The molecule has 0 aromatic carbocycles. The van der Waals surface area contributed by atoms with E-state index in [0.29, 0.717) is 0 Å². The lowest BCUT2D eigenvalue weighted by Crippen LogP contribution is -1.97. The molecule has 0 saturated carbocycles. The van der Waals surface area contributed by atoms with Crippen LogP contribution >= 0.6 is 12.4 Å². The maximum Gasteiger partial charge on any atom is 0.122 e. The van der Waals surface area contributed by atoms with Crippen molar-refractivity contribution >= 4 is 18.6 Å². The van der Waals surface area contributed by atoms with Gasteiger partial charge in [0.15, 0.2) is 0 Å². The Hall–Kier alpha value is -1.09. The van der Waals surface area contributed by atoms with Gasteiger partial charge >= 0.3 is 0 Å². The summed E-state index contributed by atoms with van der Waals surface area (Å²) in [6.45, 7) is 5.81. The third-order valence-electron chi connectivity index (χ3n) is 1.37. The molecule has 1 heterocycles. The van der Waals surface area contributed by atoms with Crippen LogP contribution in [0.2, 0.25) is 0 Å². The minimum Gasteiger partial charge on any atom is -0.393 e. The summed E-state index contributed by atoms with van der Waals surface area (Å²) in [5, 5.41) is 3.79. The molecule has 1 rings (SSSR count). The van der Waals surface area contributed by atoms with Gasteiger partial charge in [-0.25, -0.2) is 0 Å². The van der Waals surface area contributed by atoms with Crippen molar-refractivity contribution in [2.24, 2.45) is 5.16 Å². The van der Waals surface area contributed by atoms with E-state index in [1.54, 1.807) is 6.21 Å². The molecule has 1 aromatic rings. The molecule has 0 N–H and O–H groups in total. The second-order valence-electron chi connectivity index (χ2n) is 3.09. The zero-order valence-electron chi connectivity index (χ0n) is 8.60. The molecular formula is C10H15ClN2O. The molecule has 14 heavy (non-hydrogen) atoms. The molecule has 1 aromatic heterocycles. The summed E-state index contributed by atoms with van der Waals surface area (Å²) in [7, 11) is 0. The fourth-order valence-electron chi connectivity index (χ4n) is 0.842. The van der Waals surface area contributed by atoms with Crippen LogP contribution in [0.4, 0.5) is 0 Å². The van der Waals surface area contributed by atoms with Crippen molar-refractivity contribution in [3.8, 4) is 0 Å². The van der Waals surface area contributed by atoms with Gasteiger partial charge in [-0.2, -0.15) is 0 Å². The summed E-state index contributed by atoms with van der Waals surface area (Å²) < 4.78 is 0. The van der Waals surface area contributed by atoms with Crippen LogP contribution in [0.25, 0.3) is 0 Å². The largest absolute Gasteiger partial charge is 0.393 e. The number of hydrogen-bond acceptors (Lipinski definition) is 3. The maximum absolute atomic E-state index is 5.02. The molecule has 0 atom stereocenters. The number of nitrogens with zero attached hydrogens (tertiary/aromatic N) is 2. The summed E-state index contributed by atoms with van der Waals surface area (Å²) in [5.41, 5.74) is 1.80. The van der Waals surface area contributed by atoms with Gasteiger partial charge in [-0.3, -0.25) is 4.98 Å². The average Bonchev–Trinajstić information content (AvgIpc) is 2.03. The molecular weight excluding hydrogens is 200 g/mol. The quantitative estimate of drug-likeness (QED) is 0.573. The van der Waals surface area contributed by atoms with Gasteiger partial charge in [0.05, 0.1) is 11.9 Å². The highest BCUT2D eigenvalue weighted by Gasteiger charge is 1.91. The van der Waals surface area contributed by atoms with Crippen molar-refractivity contribution in [1.82, 2.24) is 4.98 Å². The van der Waals surface area contributed by atoms with Gasteiger partial charge in [0, 0.05) is 5.69 Å². The topological polar surface area (TPSA) is 34.5 Å². The number of pyridine rings is 1. The molecule has 0 spiro atoms. The summed E-state index contributed by atoms with van der Waals surface area (Å²) in [5.74, 6) is 0. The van der Waals surface area contributed by atoms with Crippen molar-refractivity contribution in [3.05, 3.63) is 29.6 Å². The van der Waals surface area contributed by atoms with Gasteiger partial charge in [0.1, 0.15) is 6.10 Å². The Balaban J connectivity index is 0.00000169. The fraction of sp³-hybridized carbons (Fsp3) is 0.400. The number of rotatable bonds is 3. The van der Waals surface area contributed by atoms with E-state index < -0.39 is 0 Å².